The first kappa shape index (κ1) is 24.2. The van der Waals surface area contributed by atoms with Gasteiger partial charge in [0.15, 0.2) is 0 Å². The van der Waals surface area contributed by atoms with Gasteiger partial charge >= 0.3 is 12.3 Å². The van der Waals surface area contributed by atoms with Crippen LogP contribution in [0.15, 0.2) is 24.7 Å². The SMILES string of the molecule is CN1CCC(c2ncc(Nc3ncc(C(F)(F)F)c(NCCCN4CC=COC4=O)n3)s2)CC1. The Bertz CT molecular complexity index is 1020. The Hall–Kier alpha value is -2.93. The molecule has 2 N–H and O–H groups in total. The van der Waals surface area contributed by atoms with Gasteiger partial charge in [0, 0.05) is 31.7 Å². The quantitative estimate of drug-likeness (QED) is 0.522. The van der Waals surface area contributed by atoms with Gasteiger partial charge < -0.3 is 25.2 Å². The second-order valence-corrected chi connectivity index (χ2v) is 9.26. The van der Waals surface area contributed by atoms with E-state index in [1.807, 2.05) is 0 Å². The Labute approximate surface area is 199 Å². The molecule has 0 radical (unpaired) electrons. The molecule has 0 bridgehead atoms. The summed E-state index contributed by atoms with van der Waals surface area (Å²) in [5.41, 5.74) is -0.949. The van der Waals surface area contributed by atoms with Crippen LogP contribution in [-0.4, -0.2) is 70.6 Å². The van der Waals surface area contributed by atoms with Crippen LogP contribution in [0.25, 0.3) is 0 Å². The fraction of sp³-hybridized carbons (Fsp3) is 0.524. The Morgan fingerprint density at radius 1 is 1.24 bits per heavy atom. The lowest BCUT2D eigenvalue weighted by Crippen LogP contribution is -2.34. The fourth-order valence-corrected chi connectivity index (χ4v) is 4.75. The number of cyclic esters (lactones) is 1. The highest BCUT2D eigenvalue weighted by Crippen LogP contribution is 2.36. The predicted octanol–water partition coefficient (Wildman–Crippen LogP) is 4.27. The van der Waals surface area contributed by atoms with Crippen molar-refractivity contribution in [2.75, 3.05) is 50.4 Å². The Morgan fingerprint density at radius 3 is 2.76 bits per heavy atom. The largest absolute Gasteiger partial charge is 0.421 e. The van der Waals surface area contributed by atoms with E-state index < -0.39 is 17.8 Å². The van der Waals surface area contributed by atoms with Crippen LogP contribution in [0.1, 0.15) is 35.8 Å². The number of thiazole rings is 1. The number of alkyl halides is 3. The van der Waals surface area contributed by atoms with Crippen LogP contribution >= 0.6 is 11.3 Å². The molecular formula is C21H26F3N7O2S. The van der Waals surface area contributed by atoms with Crippen molar-refractivity contribution in [1.29, 1.82) is 0 Å². The van der Waals surface area contributed by atoms with Crippen molar-refractivity contribution in [2.45, 2.75) is 31.4 Å². The summed E-state index contributed by atoms with van der Waals surface area (Å²) in [5.74, 6) is 0.125. The van der Waals surface area contributed by atoms with Gasteiger partial charge in [-0.25, -0.2) is 14.8 Å². The molecular weight excluding hydrogens is 471 g/mol. The van der Waals surface area contributed by atoms with Gasteiger partial charge in [0.1, 0.15) is 16.4 Å². The van der Waals surface area contributed by atoms with Crippen LogP contribution in [0.2, 0.25) is 0 Å². The van der Waals surface area contributed by atoms with Crippen molar-refractivity contribution in [3.63, 3.8) is 0 Å². The number of carbonyl (C=O) groups excluding carboxylic acids is 1. The van der Waals surface area contributed by atoms with Gasteiger partial charge in [-0.2, -0.15) is 18.2 Å². The number of ether oxygens (including phenoxy) is 1. The minimum atomic E-state index is -4.60. The molecule has 1 fully saturated rings. The number of likely N-dealkylation sites (tertiary alicyclic amines) is 1. The Kier molecular flexibility index (Phi) is 7.51. The monoisotopic (exact) mass is 497 g/mol. The zero-order valence-corrected chi connectivity index (χ0v) is 19.5. The van der Waals surface area contributed by atoms with Crippen LogP contribution in [-0.2, 0) is 10.9 Å². The first-order valence-corrected chi connectivity index (χ1v) is 11.8. The van der Waals surface area contributed by atoms with E-state index in [2.05, 4.69) is 37.5 Å². The fourth-order valence-electron chi connectivity index (χ4n) is 3.77. The summed E-state index contributed by atoms with van der Waals surface area (Å²) in [6.45, 7) is 2.96. The first-order valence-electron chi connectivity index (χ1n) is 11.0. The smallest absolute Gasteiger partial charge is 0.418 e. The topological polar surface area (TPSA) is 95.5 Å². The number of aromatic nitrogens is 3. The number of nitrogens with one attached hydrogen (secondary N) is 2. The van der Waals surface area contributed by atoms with E-state index in [-0.39, 0.29) is 18.3 Å². The average molecular weight is 498 g/mol. The maximum Gasteiger partial charge on any atom is 0.421 e. The zero-order valence-electron chi connectivity index (χ0n) is 18.6. The number of halogens is 3. The number of piperidine rings is 1. The molecule has 2 aromatic rings. The van der Waals surface area contributed by atoms with Crippen LogP contribution in [0.3, 0.4) is 0 Å². The van der Waals surface area contributed by atoms with Crippen molar-refractivity contribution in [3.8, 4) is 0 Å². The van der Waals surface area contributed by atoms with Crippen molar-refractivity contribution in [2.24, 2.45) is 0 Å². The molecule has 0 aromatic carbocycles. The molecule has 0 atom stereocenters. The molecule has 2 aromatic heterocycles. The van der Waals surface area contributed by atoms with Gasteiger partial charge in [0.2, 0.25) is 5.95 Å². The molecule has 1 amide bonds. The number of rotatable bonds is 8. The summed E-state index contributed by atoms with van der Waals surface area (Å²) in [4.78, 5) is 27.8. The summed E-state index contributed by atoms with van der Waals surface area (Å²) >= 11 is 1.47. The number of amides is 1. The summed E-state index contributed by atoms with van der Waals surface area (Å²) in [6.07, 6.45) is 2.84. The van der Waals surface area contributed by atoms with Crippen molar-refractivity contribution in [3.05, 3.63) is 35.3 Å². The van der Waals surface area contributed by atoms with Gasteiger partial charge in [0.25, 0.3) is 0 Å². The molecule has 0 saturated carbocycles. The van der Waals surface area contributed by atoms with Gasteiger partial charge in [-0.05, 0) is 45.5 Å². The molecule has 4 heterocycles. The highest BCUT2D eigenvalue weighted by Gasteiger charge is 2.35. The van der Waals surface area contributed by atoms with E-state index >= 15 is 0 Å². The molecule has 0 aliphatic carbocycles. The first-order chi connectivity index (χ1) is 16.3. The maximum atomic E-state index is 13.5. The highest BCUT2D eigenvalue weighted by atomic mass is 32.1. The molecule has 4 rings (SSSR count). The molecule has 0 spiro atoms. The minimum Gasteiger partial charge on any atom is -0.418 e. The third-order valence-corrected chi connectivity index (χ3v) is 6.74. The number of hydrogen-bond acceptors (Lipinski definition) is 9. The summed E-state index contributed by atoms with van der Waals surface area (Å²) < 4.78 is 45.2. The second kappa shape index (κ2) is 10.6. The van der Waals surface area contributed by atoms with E-state index in [9.17, 15) is 18.0 Å². The standard InChI is InChI=1S/C21H26F3N7O2S/c1-30-9-4-14(5-10-30)18-26-13-16(34-18)28-19-27-12-15(21(22,23)24)17(29-19)25-6-2-7-31-8-3-11-33-20(31)32/h3,11-14H,2,4-10H2,1H3,(H2,25,27,28,29). The molecule has 13 heteroatoms. The molecule has 2 aliphatic rings. The van der Waals surface area contributed by atoms with Gasteiger partial charge in [-0.1, -0.05) is 0 Å². The molecule has 34 heavy (non-hydrogen) atoms. The van der Waals surface area contributed by atoms with E-state index in [4.69, 9.17) is 4.74 Å². The van der Waals surface area contributed by atoms with Crippen LogP contribution in [0, 0.1) is 0 Å². The van der Waals surface area contributed by atoms with Crippen LogP contribution < -0.4 is 10.6 Å². The predicted molar refractivity (Wildman–Crippen MR) is 122 cm³/mol. The minimum absolute atomic E-state index is 0.0545. The van der Waals surface area contributed by atoms with E-state index in [0.29, 0.717) is 30.4 Å². The average Bonchev–Trinajstić information content (AvgIpc) is 3.26. The molecule has 184 valence electrons. The van der Waals surface area contributed by atoms with Crippen molar-refractivity contribution < 1.29 is 22.7 Å². The number of hydrogen-bond donors (Lipinski definition) is 2. The Balaban J connectivity index is 1.39. The van der Waals surface area contributed by atoms with E-state index in [1.54, 1.807) is 12.3 Å². The van der Waals surface area contributed by atoms with Crippen molar-refractivity contribution in [1.82, 2.24) is 24.8 Å². The number of nitrogens with zero attached hydrogens (tertiary/aromatic N) is 5. The molecule has 9 nitrogen and oxygen atoms in total. The highest BCUT2D eigenvalue weighted by molar-refractivity contribution is 7.15. The zero-order chi connectivity index (χ0) is 24.1. The summed E-state index contributed by atoms with van der Waals surface area (Å²) in [7, 11) is 2.09. The normalized spacial score (nSPS) is 17.6. The summed E-state index contributed by atoms with van der Waals surface area (Å²) in [5, 5.41) is 7.40. The van der Waals surface area contributed by atoms with Gasteiger partial charge in [-0.15, -0.1) is 11.3 Å². The number of anilines is 3. The third-order valence-electron chi connectivity index (χ3n) is 5.67. The lowest BCUT2D eigenvalue weighted by molar-refractivity contribution is -0.137. The Morgan fingerprint density at radius 2 is 2.03 bits per heavy atom. The lowest BCUT2D eigenvalue weighted by atomic mass is 9.98. The number of carbonyl (C=O) groups is 1. The lowest BCUT2D eigenvalue weighted by Gasteiger charge is -2.27. The van der Waals surface area contributed by atoms with Crippen LogP contribution in [0.5, 0.6) is 0 Å². The second-order valence-electron chi connectivity index (χ2n) is 8.20. The molecule has 2 aliphatic heterocycles. The van der Waals surface area contributed by atoms with Crippen molar-refractivity contribution >= 4 is 34.2 Å². The summed E-state index contributed by atoms with van der Waals surface area (Å²) in [6, 6.07) is 0. The maximum absolute atomic E-state index is 13.5. The van der Waals surface area contributed by atoms with Crippen LogP contribution in [0.4, 0.5) is 34.7 Å². The van der Waals surface area contributed by atoms with Gasteiger partial charge in [-0.3, -0.25) is 0 Å². The molecule has 1 saturated heterocycles. The van der Waals surface area contributed by atoms with Gasteiger partial charge in [0.05, 0.1) is 17.5 Å². The molecule has 0 unspecified atom stereocenters. The van der Waals surface area contributed by atoms with E-state index in [0.717, 1.165) is 37.1 Å². The third kappa shape index (κ3) is 6.14. The van der Waals surface area contributed by atoms with E-state index in [1.165, 1.54) is 22.5 Å².